The van der Waals surface area contributed by atoms with Crippen LogP contribution >= 0.6 is 0 Å². The normalized spacial score (nSPS) is 17.3. The van der Waals surface area contributed by atoms with E-state index in [1.165, 1.54) is 0 Å². The third-order valence-electron chi connectivity index (χ3n) is 6.15. The smallest absolute Gasteiger partial charge is 0.268 e. The number of aromatic nitrogens is 1. The van der Waals surface area contributed by atoms with Crippen LogP contribution in [0.2, 0.25) is 0 Å². The van der Waals surface area contributed by atoms with Gasteiger partial charge in [0.15, 0.2) is 5.78 Å². The van der Waals surface area contributed by atoms with Crippen LogP contribution in [0.5, 0.6) is 5.75 Å². The topological polar surface area (TPSA) is 129 Å². The molecular formula is C25H34N4O5. The Bertz CT molecular complexity index is 1060. The van der Waals surface area contributed by atoms with Crippen LogP contribution in [-0.4, -0.2) is 54.2 Å². The standard InChI is InChI=1S/C25H34N4O5/c1-5-21(30)18(12-15-9-10-26-23(15)31)28-24(32)19(11-14(2)3)29-25(33)20-13-16-17(27-20)7-6-8-22(16)34-4/h6-8,13-15,18-19,27H,5,9-12H2,1-4H3,(H,26,31)(H,28,32)(H,29,33)/t15-,18-,19-/m0/s1. The number of hydrogen-bond donors (Lipinski definition) is 4. The summed E-state index contributed by atoms with van der Waals surface area (Å²) in [5.41, 5.74) is 1.06. The predicted molar refractivity (Wildman–Crippen MR) is 129 cm³/mol. The second-order valence-electron chi connectivity index (χ2n) is 9.15. The van der Waals surface area contributed by atoms with Crippen molar-refractivity contribution in [2.24, 2.45) is 11.8 Å². The molecule has 3 amide bonds. The van der Waals surface area contributed by atoms with Crippen molar-refractivity contribution in [1.29, 1.82) is 0 Å². The Morgan fingerprint density at radius 1 is 1.18 bits per heavy atom. The van der Waals surface area contributed by atoms with Crippen molar-refractivity contribution in [1.82, 2.24) is 20.9 Å². The van der Waals surface area contributed by atoms with Crippen LogP contribution in [0.4, 0.5) is 0 Å². The number of aromatic amines is 1. The number of benzene rings is 1. The Labute approximate surface area is 199 Å². The lowest BCUT2D eigenvalue weighted by molar-refractivity contribution is -0.130. The molecule has 184 valence electrons. The molecule has 0 saturated carbocycles. The van der Waals surface area contributed by atoms with Gasteiger partial charge < -0.3 is 25.7 Å². The molecule has 1 fully saturated rings. The van der Waals surface area contributed by atoms with Crippen LogP contribution in [0.25, 0.3) is 10.9 Å². The summed E-state index contributed by atoms with van der Waals surface area (Å²) in [4.78, 5) is 53.8. The zero-order valence-corrected chi connectivity index (χ0v) is 20.2. The van der Waals surface area contributed by atoms with Gasteiger partial charge in [0.25, 0.3) is 5.91 Å². The second-order valence-corrected chi connectivity index (χ2v) is 9.15. The van der Waals surface area contributed by atoms with Gasteiger partial charge in [-0.05, 0) is 43.4 Å². The van der Waals surface area contributed by atoms with E-state index >= 15 is 0 Å². The molecule has 1 saturated heterocycles. The average molecular weight is 471 g/mol. The second kappa shape index (κ2) is 11.2. The van der Waals surface area contributed by atoms with Gasteiger partial charge in [-0.2, -0.15) is 0 Å². The molecule has 2 heterocycles. The molecule has 0 unspecified atom stereocenters. The lowest BCUT2D eigenvalue weighted by Crippen LogP contribution is -2.52. The monoisotopic (exact) mass is 470 g/mol. The predicted octanol–water partition coefficient (Wildman–Crippen LogP) is 2.31. The summed E-state index contributed by atoms with van der Waals surface area (Å²) in [6, 6.07) is 5.57. The van der Waals surface area contributed by atoms with E-state index in [9.17, 15) is 19.2 Å². The van der Waals surface area contributed by atoms with Gasteiger partial charge in [0, 0.05) is 29.8 Å². The summed E-state index contributed by atoms with van der Waals surface area (Å²) in [6.07, 6.45) is 1.54. The number of amides is 3. The number of H-pyrrole nitrogens is 1. The number of rotatable bonds is 11. The van der Waals surface area contributed by atoms with Crippen LogP contribution in [0.3, 0.4) is 0 Å². The number of nitrogens with one attached hydrogen (secondary N) is 4. The van der Waals surface area contributed by atoms with E-state index in [0.717, 1.165) is 10.9 Å². The SMILES string of the molecule is CCC(=O)[C@H](C[C@@H]1CCNC1=O)NC(=O)[C@H](CC(C)C)NC(=O)c1cc2c(OC)cccc2[nH]1. The van der Waals surface area contributed by atoms with Gasteiger partial charge in [-0.3, -0.25) is 19.2 Å². The summed E-state index contributed by atoms with van der Waals surface area (Å²) in [5.74, 6) is -0.621. The minimum atomic E-state index is -0.828. The molecule has 2 aromatic rings. The van der Waals surface area contributed by atoms with Crippen molar-refractivity contribution in [3.63, 3.8) is 0 Å². The molecule has 0 radical (unpaired) electrons. The fourth-order valence-corrected chi connectivity index (χ4v) is 4.31. The molecular weight excluding hydrogens is 436 g/mol. The molecule has 0 aliphatic carbocycles. The first-order chi connectivity index (χ1) is 16.2. The highest BCUT2D eigenvalue weighted by Crippen LogP contribution is 2.26. The van der Waals surface area contributed by atoms with Crippen molar-refractivity contribution >= 4 is 34.4 Å². The zero-order valence-electron chi connectivity index (χ0n) is 20.2. The van der Waals surface area contributed by atoms with Crippen LogP contribution in [0, 0.1) is 11.8 Å². The Kier molecular flexibility index (Phi) is 8.31. The highest BCUT2D eigenvalue weighted by molar-refractivity contribution is 6.02. The maximum atomic E-state index is 13.2. The van der Waals surface area contributed by atoms with E-state index in [4.69, 9.17) is 4.74 Å². The number of methoxy groups -OCH3 is 1. The largest absolute Gasteiger partial charge is 0.496 e. The quantitative estimate of drug-likeness (QED) is 0.401. The van der Waals surface area contributed by atoms with Crippen LogP contribution in [-0.2, 0) is 14.4 Å². The molecule has 1 aromatic carbocycles. The molecule has 0 spiro atoms. The maximum Gasteiger partial charge on any atom is 0.268 e. The summed E-state index contributed by atoms with van der Waals surface area (Å²) < 4.78 is 5.36. The first-order valence-corrected chi connectivity index (χ1v) is 11.8. The molecule has 1 aliphatic rings. The third kappa shape index (κ3) is 5.95. The number of ether oxygens (including phenoxy) is 1. The van der Waals surface area contributed by atoms with Gasteiger partial charge in [-0.15, -0.1) is 0 Å². The van der Waals surface area contributed by atoms with Crippen molar-refractivity contribution in [3.05, 3.63) is 30.0 Å². The molecule has 0 bridgehead atoms. The van der Waals surface area contributed by atoms with Gasteiger partial charge >= 0.3 is 0 Å². The number of Topliss-reactive ketones (excluding diaryl/α,β-unsaturated/α-hetero) is 1. The Hall–Kier alpha value is -3.36. The number of hydrogen-bond acceptors (Lipinski definition) is 5. The van der Waals surface area contributed by atoms with E-state index in [0.29, 0.717) is 30.8 Å². The summed E-state index contributed by atoms with van der Waals surface area (Å²) in [6.45, 7) is 6.22. The number of carbonyl (C=O) groups is 4. The zero-order chi connectivity index (χ0) is 24.8. The minimum absolute atomic E-state index is 0.0931. The Balaban J connectivity index is 1.75. The van der Waals surface area contributed by atoms with Gasteiger partial charge in [0.2, 0.25) is 11.8 Å². The Morgan fingerprint density at radius 2 is 1.94 bits per heavy atom. The van der Waals surface area contributed by atoms with Crippen LogP contribution < -0.4 is 20.7 Å². The maximum absolute atomic E-state index is 13.2. The molecule has 9 nitrogen and oxygen atoms in total. The third-order valence-corrected chi connectivity index (χ3v) is 6.15. The molecule has 4 N–H and O–H groups in total. The van der Waals surface area contributed by atoms with Crippen LogP contribution in [0.15, 0.2) is 24.3 Å². The first kappa shape index (κ1) is 25.3. The lowest BCUT2D eigenvalue weighted by atomic mass is 9.94. The van der Waals surface area contributed by atoms with Crippen LogP contribution in [0.1, 0.15) is 56.9 Å². The number of carbonyl (C=O) groups excluding carboxylic acids is 4. The number of ketones is 1. The summed E-state index contributed by atoms with van der Waals surface area (Å²) >= 11 is 0. The average Bonchev–Trinajstić information content (AvgIpc) is 3.43. The molecule has 9 heteroatoms. The van der Waals surface area contributed by atoms with E-state index < -0.39 is 23.9 Å². The van der Waals surface area contributed by atoms with Gasteiger partial charge in [0.05, 0.1) is 13.2 Å². The fourth-order valence-electron chi connectivity index (χ4n) is 4.31. The van der Waals surface area contributed by atoms with Gasteiger partial charge in [-0.1, -0.05) is 26.8 Å². The highest BCUT2D eigenvalue weighted by atomic mass is 16.5. The van der Waals surface area contributed by atoms with E-state index in [1.54, 1.807) is 20.1 Å². The van der Waals surface area contributed by atoms with Crippen molar-refractivity contribution < 1.29 is 23.9 Å². The minimum Gasteiger partial charge on any atom is -0.496 e. The van der Waals surface area contributed by atoms with Crippen molar-refractivity contribution in [3.8, 4) is 5.75 Å². The lowest BCUT2D eigenvalue weighted by Gasteiger charge is -2.24. The van der Waals surface area contributed by atoms with Crippen molar-refractivity contribution in [2.45, 2.75) is 58.5 Å². The van der Waals surface area contributed by atoms with E-state index in [2.05, 4.69) is 20.9 Å². The Morgan fingerprint density at radius 3 is 2.56 bits per heavy atom. The van der Waals surface area contributed by atoms with E-state index in [1.807, 2.05) is 32.0 Å². The highest BCUT2D eigenvalue weighted by Gasteiger charge is 2.32. The van der Waals surface area contributed by atoms with Gasteiger partial charge in [-0.25, -0.2) is 0 Å². The molecule has 34 heavy (non-hydrogen) atoms. The number of fused-ring (bicyclic) bond motifs is 1. The van der Waals surface area contributed by atoms with E-state index in [-0.39, 0.29) is 36.4 Å². The molecule has 1 aliphatic heterocycles. The summed E-state index contributed by atoms with van der Waals surface area (Å²) in [7, 11) is 1.56. The van der Waals surface area contributed by atoms with Gasteiger partial charge in [0.1, 0.15) is 17.5 Å². The molecule has 3 rings (SSSR count). The molecule has 3 atom stereocenters. The first-order valence-electron chi connectivity index (χ1n) is 11.8. The van der Waals surface area contributed by atoms with Crippen molar-refractivity contribution in [2.75, 3.05) is 13.7 Å². The summed E-state index contributed by atoms with van der Waals surface area (Å²) in [5, 5.41) is 9.16. The molecule has 1 aromatic heterocycles. The fraction of sp³-hybridized carbons (Fsp3) is 0.520.